The number of hydrogen-bond acceptors (Lipinski definition) is 6. The number of alkyl carbamates (subject to hydrolysis) is 1. The fourth-order valence-corrected chi connectivity index (χ4v) is 4.22. The number of likely N-dealkylation sites (tertiary alicyclic amines) is 1. The van der Waals surface area contributed by atoms with Crippen molar-refractivity contribution in [1.82, 2.24) is 15.5 Å². The molecule has 200 valence electrons. The van der Waals surface area contributed by atoms with E-state index < -0.39 is 47.7 Å². The van der Waals surface area contributed by atoms with Gasteiger partial charge in [0.2, 0.25) is 5.91 Å². The van der Waals surface area contributed by atoms with Crippen LogP contribution >= 0.6 is 0 Å². The van der Waals surface area contributed by atoms with Gasteiger partial charge in [-0.2, -0.15) is 0 Å². The number of unbranched alkanes of at least 4 members (excludes halogenated alkanes) is 1. The maximum atomic E-state index is 13.3. The Labute approximate surface area is 212 Å². The quantitative estimate of drug-likeness (QED) is 0.300. The van der Waals surface area contributed by atoms with E-state index in [1.807, 2.05) is 30.3 Å². The second kappa shape index (κ2) is 13.8. The summed E-state index contributed by atoms with van der Waals surface area (Å²) in [7, 11) is 0. The third-order valence-corrected chi connectivity index (χ3v) is 5.97. The number of amides is 2. The van der Waals surface area contributed by atoms with E-state index >= 15 is 0 Å². The molecule has 1 unspecified atom stereocenters. The number of aryl methyl sites for hydroxylation is 1. The highest BCUT2D eigenvalue weighted by atomic mass is 16.6. The molecule has 4 N–H and O–H groups in total. The molecule has 36 heavy (non-hydrogen) atoms. The number of carboxylic acids is 2. The Balaban J connectivity index is 2.01. The highest BCUT2D eigenvalue weighted by Crippen LogP contribution is 2.20. The molecule has 1 aromatic rings. The van der Waals surface area contributed by atoms with Crippen molar-refractivity contribution in [2.75, 3.05) is 13.1 Å². The predicted octanol–water partition coefficient (Wildman–Crippen LogP) is 2.80. The van der Waals surface area contributed by atoms with Crippen molar-refractivity contribution in [3.05, 3.63) is 35.9 Å². The zero-order valence-electron chi connectivity index (χ0n) is 21.4. The van der Waals surface area contributed by atoms with Crippen molar-refractivity contribution in [2.24, 2.45) is 0 Å². The molecule has 2 rings (SSSR count). The molecular weight excluding hydrogens is 466 g/mol. The number of aliphatic carboxylic acids is 2. The molecule has 3 atom stereocenters. The first-order valence-corrected chi connectivity index (χ1v) is 12.5. The first-order valence-electron chi connectivity index (χ1n) is 12.5. The van der Waals surface area contributed by atoms with Crippen LogP contribution in [0.3, 0.4) is 0 Å². The second-order valence-corrected chi connectivity index (χ2v) is 10.1. The van der Waals surface area contributed by atoms with Crippen LogP contribution in [-0.2, 0) is 25.5 Å². The Morgan fingerprint density at radius 1 is 1.06 bits per heavy atom. The van der Waals surface area contributed by atoms with Gasteiger partial charge in [0.25, 0.3) is 0 Å². The summed E-state index contributed by atoms with van der Waals surface area (Å²) < 4.78 is 5.20. The molecule has 0 aromatic heterocycles. The van der Waals surface area contributed by atoms with Gasteiger partial charge in [0, 0.05) is 13.1 Å². The van der Waals surface area contributed by atoms with Crippen LogP contribution in [-0.4, -0.2) is 75.9 Å². The first-order chi connectivity index (χ1) is 17.0. The van der Waals surface area contributed by atoms with Crippen LogP contribution in [0.25, 0.3) is 0 Å². The van der Waals surface area contributed by atoms with Gasteiger partial charge in [0.15, 0.2) is 0 Å². The van der Waals surface area contributed by atoms with E-state index in [0.717, 1.165) is 5.56 Å². The summed E-state index contributed by atoms with van der Waals surface area (Å²) >= 11 is 0. The van der Waals surface area contributed by atoms with Crippen LogP contribution in [0.4, 0.5) is 4.79 Å². The van der Waals surface area contributed by atoms with Gasteiger partial charge < -0.3 is 25.2 Å². The van der Waals surface area contributed by atoms with Crippen molar-refractivity contribution in [3.8, 4) is 0 Å². The predicted molar refractivity (Wildman–Crippen MR) is 134 cm³/mol. The maximum absolute atomic E-state index is 13.3. The Bertz CT molecular complexity index is 885. The molecule has 0 radical (unpaired) electrons. The summed E-state index contributed by atoms with van der Waals surface area (Å²) in [6.07, 6.45) is 2.63. The number of carbonyl (C=O) groups is 4. The van der Waals surface area contributed by atoms with Crippen molar-refractivity contribution in [1.29, 1.82) is 0 Å². The molecule has 1 aromatic carbocycles. The summed E-state index contributed by atoms with van der Waals surface area (Å²) in [6, 6.07) is 6.78. The van der Waals surface area contributed by atoms with Crippen molar-refractivity contribution in [3.63, 3.8) is 0 Å². The number of ether oxygens (including phenoxy) is 1. The minimum absolute atomic E-state index is 0.283. The molecule has 2 amide bonds. The molecule has 1 heterocycles. The van der Waals surface area contributed by atoms with Crippen LogP contribution in [0.2, 0.25) is 0 Å². The molecule has 0 bridgehead atoms. The smallest absolute Gasteiger partial charge is 0.407 e. The lowest BCUT2D eigenvalue weighted by Gasteiger charge is -2.29. The van der Waals surface area contributed by atoms with E-state index in [4.69, 9.17) is 4.74 Å². The van der Waals surface area contributed by atoms with Crippen LogP contribution in [0, 0.1) is 0 Å². The van der Waals surface area contributed by atoms with Crippen LogP contribution in [0.15, 0.2) is 30.3 Å². The molecule has 10 nitrogen and oxygen atoms in total. The van der Waals surface area contributed by atoms with Gasteiger partial charge in [-0.3, -0.25) is 14.9 Å². The Morgan fingerprint density at radius 2 is 1.75 bits per heavy atom. The lowest BCUT2D eigenvalue weighted by atomic mass is 10.0. The average Bonchev–Trinajstić information content (AvgIpc) is 3.29. The largest absolute Gasteiger partial charge is 0.480 e. The highest BCUT2D eigenvalue weighted by Gasteiger charge is 2.38. The summed E-state index contributed by atoms with van der Waals surface area (Å²) in [6.45, 7) is 5.99. The number of hydrogen-bond donors (Lipinski definition) is 4. The molecule has 0 aliphatic carbocycles. The zero-order valence-corrected chi connectivity index (χ0v) is 21.4. The number of nitrogens with zero attached hydrogens (tertiary/aromatic N) is 1. The minimum Gasteiger partial charge on any atom is -0.480 e. The fourth-order valence-electron chi connectivity index (χ4n) is 4.22. The number of nitrogens with one attached hydrogen (secondary N) is 2. The molecular formula is C26H39N3O7. The SMILES string of the molecule is CC(C)(C)OC(=O)NCCCC[C@H](NC(CCc1ccccc1)C(=O)O)C(=O)N1CCC[C@H]1C(=O)O. The summed E-state index contributed by atoms with van der Waals surface area (Å²) in [4.78, 5) is 50.1. The molecule has 1 saturated heterocycles. The minimum atomic E-state index is -1.06. The summed E-state index contributed by atoms with van der Waals surface area (Å²) in [5.41, 5.74) is 0.389. The lowest BCUT2D eigenvalue weighted by molar-refractivity contribution is -0.149. The molecule has 1 aliphatic heterocycles. The number of rotatable bonds is 13. The van der Waals surface area contributed by atoms with Crippen molar-refractivity contribution >= 4 is 23.9 Å². The van der Waals surface area contributed by atoms with E-state index in [0.29, 0.717) is 51.6 Å². The lowest BCUT2D eigenvalue weighted by Crippen LogP contribution is -2.54. The van der Waals surface area contributed by atoms with Gasteiger partial charge in [-0.15, -0.1) is 0 Å². The molecule has 1 aliphatic rings. The van der Waals surface area contributed by atoms with Gasteiger partial charge in [0.1, 0.15) is 17.7 Å². The zero-order chi connectivity index (χ0) is 26.7. The van der Waals surface area contributed by atoms with Gasteiger partial charge in [0.05, 0.1) is 6.04 Å². The second-order valence-electron chi connectivity index (χ2n) is 10.1. The van der Waals surface area contributed by atoms with Gasteiger partial charge in [-0.1, -0.05) is 30.3 Å². The van der Waals surface area contributed by atoms with Crippen molar-refractivity contribution < 1.29 is 34.1 Å². The molecule has 10 heteroatoms. The summed E-state index contributed by atoms with van der Waals surface area (Å²) in [5.74, 6) is -2.52. The number of benzene rings is 1. The average molecular weight is 506 g/mol. The highest BCUT2D eigenvalue weighted by molar-refractivity contribution is 5.88. The van der Waals surface area contributed by atoms with E-state index in [9.17, 15) is 29.4 Å². The summed E-state index contributed by atoms with van der Waals surface area (Å²) in [5, 5.41) is 25.0. The topological polar surface area (TPSA) is 145 Å². The van der Waals surface area contributed by atoms with Crippen LogP contribution in [0.1, 0.15) is 64.9 Å². The monoisotopic (exact) mass is 505 g/mol. The fraction of sp³-hybridized carbons (Fsp3) is 0.615. The van der Waals surface area contributed by atoms with E-state index in [2.05, 4.69) is 10.6 Å². The first kappa shape index (κ1) is 29.1. The Hall–Kier alpha value is -3.14. The van der Waals surface area contributed by atoms with Crippen LogP contribution in [0.5, 0.6) is 0 Å². The Kier molecular flexibility index (Phi) is 11.2. The van der Waals surface area contributed by atoms with Gasteiger partial charge in [-0.05, 0) is 71.3 Å². The molecule has 0 saturated carbocycles. The van der Waals surface area contributed by atoms with Gasteiger partial charge >= 0.3 is 18.0 Å². The van der Waals surface area contributed by atoms with Gasteiger partial charge in [-0.25, -0.2) is 9.59 Å². The van der Waals surface area contributed by atoms with Crippen molar-refractivity contribution in [2.45, 2.75) is 89.4 Å². The Morgan fingerprint density at radius 3 is 2.36 bits per heavy atom. The number of carbonyl (C=O) groups excluding carboxylic acids is 2. The molecule has 0 spiro atoms. The third-order valence-electron chi connectivity index (χ3n) is 5.97. The van der Waals surface area contributed by atoms with Crippen LogP contribution < -0.4 is 10.6 Å². The normalized spacial score (nSPS) is 17.3. The molecule has 1 fully saturated rings. The van der Waals surface area contributed by atoms with E-state index in [1.54, 1.807) is 20.8 Å². The standard InChI is InChI=1S/C26H39N3O7/c1-26(2,3)36-25(35)27-16-8-7-12-19(22(30)29-17-9-13-21(29)24(33)34)28-20(23(31)32)15-14-18-10-5-4-6-11-18/h4-6,10-11,19-21,28H,7-9,12-17H2,1-3H3,(H,27,35)(H,31,32)(H,33,34)/t19-,20?,21-/m0/s1. The van der Waals surface area contributed by atoms with E-state index in [1.165, 1.54) is 4.90 Å². The number of carboxylic acid groups (broad SMARTS) is 2. The third kappa shape index (κ3) is 9.85. The van der Waals surface area contributed by atoms with E-state index in [-0.39, 0.29) is 6.42 Å². The maximum Gasteiger partial charge on any atom is 0.407 e.